The Labute approximate surface area is 116 Å². The van der Waals surface area contributed by atoms with E-state index < -0.39 is 0 Å². The Morgan fingerprint density at radius 3 is 2.79 bits per heavy atom. The third-order valence-electron chi connectivity index (χ3n) is 4.39. The molecule has 2 atom stereocenters. The molecule has 1 heterocycles. The Kier molecular flexibility index (Phi) is 5.19. The van der Waals surface area contributed by atoms with E-state index >= 15 is 0 Å². The summed E-state index contributed by atoms with van der Waals surface area (Å²) in [4.78, 5) is 16.6. The summed E-state index contributed by atoms with van der Waals surface area (Å²) in [7, 11) is 4.28. The van der Waals surface area contributed by atoms with Gasteiger partial charge in [0.1, 0.15) is 0 Å². The highest BCUT2D eigenvalue weighted by atomic mass is 16.1. The van der Waals surface area contributed by atoms with E-state index in [9.17, 15) is 4.79 Å². The zero-order valence-corrected chi connectivity index (χ0v) is 12.3. The number of hydrogen-bond donors (Lipinski definition) is 2. The maximum absolute atomic E-state index is 11.9. The molecule has 0 bridgehead atoms. The van der Waals surface area contributed by atoms with Crippen LogP contribution in [0, 0.1) is 0 Å². The second-order valence-corrected chi connectivity index (χ2v) is 6.16. The van der Waals surface area contributed by atoms with Gasteiger partial charge in [0.15, 0.2) is 0 Å². The van der Waals surface area contributed by atoms with E-state index in [-0.39, 0.29) is 11.9 Å². The van der Waals surface area contributed by atoms with Gasteiger partial charge in [0.05, 0.1) is 0 Å². The fraction of sp³-hybridized carbons (Fsp3) is 0.929. The van der Waals surface area contributed by atoms with E-state index in [2.05, 4.69) is 29.2 Å². The molecular weight excluding hydrogens is 240 g/mol. The van der Waals surface area contributed by atoms with Gasteiger partial charge >= 0.3 is 0 Å². The van der Waals surface area contributed by atoms with Crippen molar-refractivity contribution in [3.8, 4) is 0 Å². The van der Waals surface area contributed by atoms with Crippen molar-refractivity contribution in [1.82, 2.24) is 15.1 Å². The molecule has 0 aromatic heterocycles. The van der Waals surface area contributed by atoms with Crippen LogP contribution in [0.4, 0.5) is 0 Å². The maximum Gasteiger partial charge on any atom is 0.221 e. The van der Waals surface area contributed by atoms with E-state index in [0.717, 1.165) is 19.4 Å². The molecule has 1 amide bonds. The summed E-state index contributed by atoms with van der Waals surface area (Å²) < 4.78 is 0. The Bertz CT molecular complexity index is 306. The molecule has 5 heteroatoms. The van der Waals surface area contributed by atoms with Crippen LogP contribution in [0.25, 0.3) is 0 Å². The van der Waals surface area contributed by atoms with Gasteiger partial charge in [-0.3, -0.25) is 9.69 Å². The second kappa shape index (κ2) is 6.68. The molecule has 0 aromatic rings. The van der Waals surface area contributed by atoms with Crippen LogP contribution in [-0.4, -0.2) is 67.6 Å². The highest BCUT2D eigenvalue weighted by Gasteiger charge is 2.29. The second-order valence-electron chi connectivity index (χ2n) is 6.16. The minimum Gasteiger partial charge on any atom is -0.353 e. The summed E-state index contributed by atoms with van der Waals surface area (Å²) in [5.74, 6) is 0.161. The first-order valence-corrected chi connectivity index (χ1v) is 7.50. The van der Waals surface area contributed by atoms with Gasteiger partial charge in [-0.05, 0) is 46.3 Å². The van der Waals surface area contributed by atoms with Crippen molar-refractivity contribution in [2.45, 2.75) is 50.2 Å². The van der Waals surface area contributed by atoms with Gasteiger partial charge in [0.25, 0.3) is 0 Å². The standard InChI is InChI=1S/C14H28N4O/c1-17-7-3-4-12(10-17)18(2)13(9-15)8-14(19)16-11-5-6-11/h11-13H,3-10,15H2,1-2H3,(H,16,19). The predicted molar refractivity (Wildman–Crippen MR) is 76.9 cm³/mol. The summed E-state index contributed by atoms with van der Waals surface area (Å²) in [6.07, 6.45) is 5.26. The number of carbonyl (C=O) groups excluding carboxylic acids is 1. The highest BCUT2D eigenvalue weighted by Crippen LogP contribution is 2.20. The van der Waals surface area contributed by atoms with E-state index in [1.54, 1.807) is 0 Å². The molecule has 5 nitrogen and oxygen atoms in total. The molecule has 19 heavy (non-hydrogen) atoms. The van der Waals surface area contributed by atoms with Gasteiger partial charge in [-0.2, -0.15) is 0 Å². The van der Waals surface area contributed by atoms with Crippen molar-refractivity contribution in [3.63, 3.8) is 0 Å². The molecule has 2 fully saturated rings. The molecule has 1 aliphatic carbocycles. The minimum absolute atomic E-state index is 0.161. The first kappa shape index (κ1) is 14.8. The molecule has 2 unspecified atom stereocenters. The van der Waals surface area contributed by atoms with Crippen LogP contribution in [0.15, 0.2) is 0 Å². The van der Waals surface area contributed by atoms with Gasteiger partial charge < -0.3 is 16.0 Å². The van der Waals surface area contributed by atoms with E-state index in [1.807, 2.05) is 0 Å². The number of likely N-dealkylation sites (N-methyl/N-ethyl adjacent to an activating group) is 2. The van der Waals surface area contributed by atoms with Crippen molar-refractivity contribution < 1.29 is 4.79 Å². The summed E-state index contributed by atoms with van der Waals surface area (Å²) in [5.41, 5.74) is 5.87. The van der Waals surface area contributed by atoms with E-state index in [4.69, 9.17) is 5.73 Å². The monoisotopic (exact) mass is 268 g/mol. The first-order chi connectivity index (χ1) is 9.10. The minimum atomic E-state index is 0.161. The van der Waals surface area contributed by atoms with E-state index in [1.165, 1.54) is 19.4 Å². The fourth-order valence-corrected chi connectivity index (χ4v) is 2.89. The lowest BCUT2D eigenvalue weighted by molar-refractivity contribution is -0.122. The number of amides is 1. The van der Waals surface area contributed by atoms with Crippen LogP contribution in [0.2, 0.25) is 0 Å². The molecular formula is C14H28N4O. The summed E-state index contributed by atoms with van der Waals surface area (Å²) in [6.45, 7) is 2.81. The number of likely N-dealkylation sites (tertiary alicyclic amines) is 1. The Morgan fingerprint density at radius 2 is 2.21 bits per heavy atom. The van der Waals surface area contributed by atoms with Crippen LogP contribution < -0.4 is 11.1 Å². The van der Waals surface area contributed by atoms with Crippen molar-refractivity contribution in [2.75, 3.05) is 33.7 Å². The Balaban J connectivity index is 1.82. The molecule has 110 valence electrons. The zero-order valence-electron chi connectivity index (χ0n) is 12.3. The largest absolute Gasteiger partial charge is 0.353 e. The van der Waals surface area contributed by atoms with Crippen LogP contribution in [-0.2, 0) is 4.79 Å². The van der Waals surface area contributed by atoms with Gasteiger partial charge in [0.2, 0.25) is 5.91 Å². The first-order valence-electron chi connectivity index (χ1n) is 7.50. The molecule has 0 radical (unpaired) electrons. The molecule has 1 saturated heterocycles. The summed E-state index contributed by atoms with van der Waals surface area (Å²) in [5, 5.41) is 3.05. The lowest BCUT2D eigenvalue weighted by Gasteiger charge is -2.39. The SMILES string of the molecule is CN1CCCC(N(C)C(CN)CC(=O)NC2CC2)C1. The van der Waals surface area contributed by atoms with Crippen molar-refractivity contribution in [2.24, 2.45) is 5.73 Å². The van der Waals surface area contributed by atoms with Crippen molar-refractivity contribution >= 4 is 5.91 Å². The lowest BCUT2D eigenvalue weighted by Crippen LogP contribution is -2.52. The quantitative estimate of drug-likeness (QED) is 0.712. The third-order valence-corrected chi connectivity index (χ3v) is 4.39. The van der Waals surface area contributed by atoms with Gasteiger partial charge in [0, 0.05) is 37.6 Å². The molecule has 1 saturated carbocycles. The molecule has 2 aliphatic rings. The fourth-order valence-electron chi connectivity index (χ4n) is 2.89. The molecule has 1 aliphatic heterocycles. The average molecular weight is 268 g/mol. The zero-order chi connectivity index (χ0) is 13.8. The third kappa shape index (κ3) is 4.44. The predicted octanol–water partition coefficient (Wildman–Crippen LogP) is 0.00840. The van der Waals surface area contributed by atoms with Crippen molar-refractivity contribution in [1.29, 1.82) is 0 Å². The van der Waals surface area contributed by atoms with Crippen molar-refractivity contribution in [3.05, 3.63) is 0 Å². The maximum atomic E-state index is 11.9. The van der Waals surface area contributed by atoms with E-state index in [0.29, 0.717) is 25.0 Å². The summed E-state index contributed by atoms with van der Waals surface area (Å²) in [6, 6.07) is 1.13. The van der Waals surface area contributed by atoms with Crippen LogP contribution >= 0.6 is 0 Å². The average Bonchev–Trinajstić information content (AvgIpc) is 3.19. The number of hydrogen-bond acceptors (Lipinski definition) is 4. The highest BCUT2D eigenvalue weighted by molar-refractivity contribution is 5.77. The molecule has 2 rings (SSSR count). The van der Waals surface area contributed by atoms with Gasteiger partial charge in [-0.25, -0.2) is 0 Å². The number of carbonyl (C=O) groups is 1. The van der Waals surface area contributed by atoms with Gasteiger partial charge in [-0.15, -0.1) is 0 Å². The molecule has 3 N–H and O–H groups in total. The number of nitrogens with zero attached hydrogens (tertiary/aromatic N) is 2. The molecule has 0 spiro atoms. The number of nitrogens with one attached hydrogen (secondary N) is 1. The lowest BCUT2D eigenvalue weighted by atomic mass is 10.0. The topological polar surface area (TPSA) is 61.6 Å². The number of nitrogens with two attached hydrogens (primary N) is 1. The van der Waals surface area contributed by atoms with Crippen LogP contribution in [0.3, 0.4) is 0 Å². The summed E-state index contributed by atoms with van der Waals surface area (Å²) >= 11 is 0. The van der Waals surface area contributed by atoms with Crippen LogP contribution in [0.5, 0.6) is 0 Å². The number of rotatable bonds is 6. The molecule has 0 aromatic carbocycles. The smallest absolute Gasteiger partial charge is 0.221 e. The Hall–Kier alpha value is -0.650. The van der Waals surface area contributed by atoms with Gasteiger partial charge in [-0.1, -0.05) is 0 Å². The normalized spacial score (nSPS) is 26.4. The Morgan fingerprint density at radius 1 is 1.47 bits per heavy atom. The number of piperidine rings is 1. The van der Waals surface area contributed by atoms with Crippen LogP contribution in [0.1, 0.15) is 32.1 Å².